The maximum absolute atomic E-state index is 12.2. The van der Waals surface area contributed by atoms with Crippen LogP contribution in [0.1, 0.15) is 17.8 Å². The Morgan fingerprint density at radius 3 is 2.96 bits per heavy atom. The number of pyridine rings is 1. The highest BCUT2D eigenvalue weighted by Crippen LogP contribution is 2.30. The van der Waals surface area contributed by atoms with E-state index in [4.69, 9.17) is 9.47 Å². The molecule has 0 radical (unpaired) electrons. The standard InChI is InChI=1S/C20H21N3O3/c24-20(13-15-6-7-17-18(12-15)26-11-10-25-17)21-8-3-5-19-22-14-16-4-1-2-9-23(16)19/h1-2,4,6-7,9,12,14H,3,5,8,10-11,13H2,(H,21,24). The number of ether oxygens (including phenoxy) is 2. The first kappa shape index (κ1) is 16.4. The molecular formula is C20H21N3O3. The fourth-order valence-corrected chi connectivity index (χ4v) is 3.10. The quantitative estimate of drug-likeness (QED) is 0.693. The third-order valence-electron chi connectivity index (χ3n) is 4.39. The molecule has 134 valence electrons. The lowest BCUT2D eigenvalue weighted by molar-refractivity contribution is -0.120. The van der Waals surface area contributed by atoms with Gasteiger partial charge in [0.25, 0.3) is 0 Å². The van der Waals surface area contributed by atoms with Gasteiger partial charge in [-0.3, -0.25) is 4.79 Å². The Labute approximate surface area is 151 Å². The van der Waals surface area contributed by atoms with E-state index in [0.717, 1.165) is 35.5 Å². The number of carbonyl (C=O) groups is 1. The molecule has 2 aromatic heterocycles. The number of benzene rings is 1. The Hall–Kier alpha value is -3.02. The highest BCUT2D eigenvalue weighted by Gasteiger charge is 2.13. The lowest BCUT2D eigenvalue weighted by Gasteiger charge is -2.18. The number of fused-ring (bicyclic) bond motifs is 2. The molecule has 3 aromatic rings. The van der Waals surface area contributed by atoms with Crippen molar-refractivity contribution >= 4 is 11.4 Å². The van der Waals surface area contributed by atoms with Gasteiger partial charge in [-0.15, -0.1) is 0 Å². The van der Waals surface area contributed by atoms with Gasteiger partial charge in [0.2, 0.25) is 5.91 Å². The van der Waals surface area contributed by atoms with E-state index in [1.807, 2.05) is 48.8 Å². The summed E-state index contributed by atoms with van der Waals surface area (Å²) in [4.78, 5) is 16.6. The van der Waals surface area contributed by atoms with E-state index in [1.165, 1.54) is 0 Å². The van der Waals surface area contributed by atoms with Crippen molar-refractivity contribution in [1.82, 2.24) is 14.7 Å². The maximum atomic E-state index is 12.2. The summed E-state index contributed by atoms with van der Waals surface area (Å²) >= 11 is 0. The van der Waals surface area contributed by atoms with E-state index in [-0.39, 0.29) is 5.91 Å². The summed E-state index contributed by atoms with van der Waals surface area (Å²) in [6, 6.07) is 11.7. The SMILES string of the molecule is O=C(Cc1ccc2c(c1)OCCO2)NCCCc1ncc2ccccn12. The first-order valence-corrected chi connectivity index (χ1v) is 8.86. The Morgan fingerprint density at radius 1 is 1.15 bits per heavy atom. The van der Waals surface area contributed by atoms with Gasteiger partial charge < -0.3 is 19.2 Å². The van der Waals surface area contributed by atoms with Gasteiger partial charge in [0.05, 0.1) is 18.1 Å². The van der Waals surface area contributed by atoms with Crippen LogP contribution in [0.2, 0.25) is 0 Å². The number of hydrogen-bond donors (Lipinski definition) is 1. The van der Waals surface area contributed by atoms with Crippen molar-refractivity contribution < 1.29 is 14.3 Å². The van der Waals surface area contributed by atoms with Crippen molar-refractivity contribution in [3.63, 3.8) is 0 Å². The van der Waals surface area contributed by atoms with Crippen LogP contribution in [0.3, 0.4) is 0 Å². The molecule has 1 aliphatic rings. The predicted octanol–water partition coefficient (Wildman–Crippen LogP) is 2.40. The second-order valence-electron chi connectivity index (χ2n) is 6.28. The lowest BCUT2D eigenvalue weighted by Crippen LogP contribution is -2.26. The molecular weight excluding hydrogens is 330 g/mol. The van der Waals surface area contributed by atoms with E-state index in [1.54, 1.807) is 0 Å². The van der Waals surface area contributed by atoms with Crippen molar-refractivity contribution in [3.8, 4) is 11.5 Å². The number of carbonyl (C=O) groups excluding carboxylic acids is 1. The minimum atomic E-state index is 0.00894. The summed E-state index contributed by atoms with van der Waals surface area (Å²) in [5.74, 6) is 2.48. The molecule has 0 fully saturated rings. The molecule has 0 bridgehead atoms. The van der Waals surface area contributed by atoms with Gasteiger partial charge >= 0.3 is 0 Å². The molecule has 1 N–H and O–H groups in total. The van der Waals surface area contributed by atoms with Gasteiger partial charge in [-0.1, -0.05) is 12.1 Å². The highest BCUT2D eigenvalue weighted by molar-refractivity contribution is 5.78. The van der Waals surface area contributed by atoms with Crippen molar-refractivity contribution in [3.05, 3.63) is 60.2 Å². The van der Waals surface area contributed by atoms with Crippen LogP contribution >= 0.6 is 0 Å². The zero-order valence-electron chi connectivity index (χ0n) is 14.5. The van der Waals surface area contributed by atoms with Crippen LogP contribution in [0.15, 0.2) is 48.8 Å². The van der Waals surface area contributed by atoms with Crippen LogP contribution in [0.4, 0.5) is 0 Å². The van der Waals surface area contributed by atoms with Crippen LogP contribution in [0.25, 0.3) is 5.52 Å². The molecule has 1 aromatic carbocycles. The number of amides is 1. The summed E-state index contributed by atoms with van der Waals surface area (Å²) in [5, 5.41) is 2.97. The molecule has 0 spiro atoms. The second-order valence-corrected chi connectivity index (χ2v) is 6.28. The Bertz CT molecular complexity index is 920. The zero-order valence-corrected chi connectivity index (χ0v) is 14.5. The number of nitrogens with one attached hydrogen (secondary N) is 1. The predicted molar refractivity (Wildman–Crippen MR) is 97.7 cm³/mol. The number of imidazole rings is 1. The largest absolute Gasteiger partial charge is 0.486 e. The molecule has 0 saturated heterocycles. The normalized spacial score (nSPS) is 12.9. The summed E-state index contributed by atoms with van der Waals surface area (Å²) < 4.78 is 13.1. The van der Waals surface area contributed by atoms with Gasteiger partial charge in [-0.05, 0) is 36.2 Å². The molecule has 3 heterocycles. The van der Waals surface area contributed by atoms with Crippen LogP contribution < -0.4 is 14.8 Å². The average Bonchev–Trinajstić information content (AvgIpc) is 3.08. The molecule has 0 atom stereocenters. The van der Waals surface area contributed by atoms with Crippen LogP contribution in [0, 0.1) is 0 Å². The number of nitrogens with zero attached hydrogens (tertiary/aromatic N) is 2. The van der Waals surface area contributed by atoms with Crippen molar-refractivity contribution in [2.75, 3.05) is 19.8 Å². The number of rotatable bonds is 6. The topological polar surface area (TPSA) is 64.9 Å². The monoisotopic (exact) mass is 351 g/mol. The molecule has 6 heteroatoms. The fraction of sp³-hybridized carbons (Fsp3) is 0.300. The van der Waals surface area contributed by atoms with Gasteiger partial charge in [-0.2, -0.15) is 0 Å². The minimum Gasteiger partial charge on any atom is -0.486 e. The van der Waals surface area contributed by atoms with Crippen molar-refractivity contribution in [2.24, 2.45) is 0 Å². The molecule has 1 aliphatic heterocycles. The smallest absolute Gasteiger partial charge is 0.224 e. The molecule has 1 amide bonds. The highest BCUT2D eigenvalue weighted by atomic mass is 16.6. The molecule has 6 nitrogen and oxygen atoms in total. The molecule has 0 unspecified atom stereocenters. The Balaban J connectivity index is 1.25. The minimum absolute atomic E-state index is 0.00894. The number of aryl methyl sites for hydroxylation is 1. The summed E-state index contributed by atoms with van der Waals surface area (Å²) in [7, 11) is 0. The summed E-state index contributed by atoms with van der Waals surface area (Å²) in [6.45, 7) is 1.74. The number of aromatic nitrogens is 2. The third-order valence-corrected chi connectivity index (χ3v) is 4.39. The van der Waals surface area contributed by atoms with Gasteiger partial charge in [0, 0.05) is 19.2 Å². The van der Waals surface area contributed by atoms with Crippen molar-refractivity contribution in [1.29, 1.82) is 0 Å². The maximum Gasteiger partial charge on any atom is 0.224 e. The summed E-state index contributed by atoms with van der Waals surface area (Å²) in [6.07, 6.45) is 5.89. The molecule has 26 heavy (non-hydrogen) atoms. The van der Waals surface area contributed by atoms with Crippen molar-refractivity contribution in [2.45, 2.75) is 19.3 Å². The second kappa shape index (κ2) is 7.47. The number of hydrogen-bond acceptors (Lipinski definition) is 4. The first-order chi connectivity index (χ1) is 12.8. The van der Waals surface area contributed by atoms with Gasteiger partial charge in [0.15, 0.2) is 11.5 Å². The lowest BCUT2D eigenvalue weighted by atomic mass is 10.1. The van der Waals surface area contributed by atoms with Crippen LogP contribution in [-0.2, 0) is 17.6 Å². The molecule has 0 saturated carbocycles. The van der Waals surface area contributed by atoms with Gasteiger partial charge in [0.1, 0.15) is 19.0 Å². The fourth-order valence-electron chi connectivity index (χ4n) is 3.10. The van der Waals surface area contributed by atoms with Crippen LogP contribution in [0.5, 0.6) is 11.5 Å². The van der Waals surface area contributed by atoms with E-state index in [9.17, 15) is 4.79 Å². The van der Waals surface area contributed by atoms with E-state index in [0.29, 0.717) is 31.9 Å². The molecule has 4 rings (SSSR count). The van der Waals surface area contributed by atoms with E-state index < -0.39 is 0 Å². The zero-order chi connectivity index (χ0) is 17.8. The van der Waals surface area contributed by atoms with Crippen LogP contribution in [-0.4, -0.2) is 35.1 Å². The molecule has 0 aliphatic carbocycles. The van der Waals surface area contributed by atoms with Gasteiger partial charge in [-0.25, -0.2) is 4.98 Å². The Kier molecular flexibility index (Phi) is 4.73. The Morgan fingerprint density at radius 2 is 2.04 bits per heavy atom. The summed E-state index contributed by atoms with van der Waals surface area (Å²) in [5.41, 5.74) is 2.01. The first-order valence-electron chi connectivity index (χ1n) is 8.86. The third kappa shape index (κ3) is 3.64. The van der Waals surface area contributed by atoms with E-state index in [2.05, 4.69) is 14.7 Å². The average molecular weight is 351 g/mol. The van der Waals surface area contributed by atoms with E-state index >= 15 is 0 Å².